The zero-order valence-corrected chi connectivity index (χ0v) is 16.1. The third kappa shape index (κ3) is 3.86. The Hall–Kier alpha value is -2.89. The Morgan fingerprint density at radius 1 is 1.14 bits per heavy atom. The van der Waals surface area contributed by atoms with Gasteiger partial charge in [-0.2, -0.15) is 5.10 Å². The first-order valence-electron chi connectivity index (χ1n) is 9.01. The maximum Gasteiger partial charge on any atom is 0.256 e. The quantitative estimate of drug-likeness (QED) is 0.392. The van der Waals surface area contributed by atoms with Gasteiger partial charge in [0, 0.05) is 29.3 Å². The lowest BCUT2D eigenvalue weighted by Gasteiger charge is -2.19. The molecule has 0 radical (unpaired) electrons. The summed E-state index contributed by atoms with van der Waals surface area (Å²) in [7, 11) is 0. The standard InChI is InChI=1S/C22H21N3O2.ClH/c23-24-13-20-19(22(26)25-17-7-2-1-3-8-17)12-15-6-4-5-9-18(15)21(20)16-10-11-27-14-16;/h1-9,12-13,16H,10-11,14,23H2,(H,25,26);1H/b24-13+;. The minimum atomic E-state index is -0.179. The zero-order valence-electron chi connectivity index (χ0n) is 15.3. The Morgan fingerprint density at radius 3 is 2.61 bits per heavy atom. The van der Waals surface area contributed by atoms with E-state index in [4.69, 9.17) is 10.6 Å². The van der Waals surface area contributed by atoms with Crippen LogP contribution in [0.15, 0.2) is 65.8 Å². The Balaban J connectivity index is 0.00000225. The van der Waals surface area contributed by atoms with Gasteiger partial charge < -0.3 is 15.9 Å². The molecule has 28 heavy (non-hydrogen) atoms. The first-order chi connectivity index (χ1) is 13.3. The lowest BCUT2D eigenvalue weighted by molar-refractivity contribution is 0.102. The van der Waals surface area contributed by atoms with Crippen molar-refractivity contribution in [2.75, 3.05) is 18.5 Å². The summed E-state index contributed by atoms with van der Waals surface area (Å²) in [6.45, 7) is 1.36. The van der Waals surface area contributed by atoms with Crippen LogP contribution in [0.3, 0.4) is 0 Å². The maximum atomic E-state index is 13.1. The van der Waals surface area contributed by atoms with Crippen LogP contribution in [-0.4, -0.2) is 25.3 Å². The fraction of sp³-hybridized carbons (Fsp3) is 0.182. The average molecular weight is 396 g/mol. The van der Waals surface area contributed by atoms with E-state index in [0.717, 1.165) is 40.6 Å². The van der Waals surface area contributed by atoms with Gasteiger partial charge in [-0.3, -0.25) is 4.79 Å². The number of benzene rings is 3. The molecule has 1 saturated heterocycles. The molecule has 1 fully saturated rings. The van der Waals surface area contributed by atoms with Gasteiger partial charge in [0.05, 0.1) is 12.8 Å². The Bertz CT molecular complexity index is 999. The van der Waals surface area contributed by atoms with Crippen LogP contribution < -0.4 is 11.2 Å². The lowest BCUT2D eigenvalue weighted by atomic mass is 9.86. The van der Waals surface area contributed by atoms with Crippen molar-refractivity contribution < 1.29 is 9.53 Å². The van der Waals surface area contributed by atoms with Gasteiger partial charge in [-0.25, -0.2) is 0 Å². The van der Waals surface area contributed by atoms with Gasteiger partial charge in [0.15, 0.2) is 0 Å². The highest BCUT2D eigenvalue weighted by atomic mass is 35.5. The molecule has 1 heterocycles. The number of carbonyl (C=O) groups excluding carboxylic acids is 1. The summed E-state index contributed by atoms with van der Waals surface area (Å²) in [6.07, 6.45) is 2.50. The molecule has 1 amide bonds. The van der Waals surface area contributed by atoms with Crippen LogP contribution >= 0.6 is 12.4 Å². The van der Waals surface area contributed by atoms with E-state index >= 15 is 0 Å². The lowest BCUT2D eigenvalue weighted by Crippen LogP contribution is -2.17. The molecule has 5 nitrogen and oxygen atoms in total. The number of halogens is 1. The molecule has 144 valence electrons. The summed E-state index contributed by atoms with van der Waals surface area (Å²) >= 11 is 0. The van der Waals surface area contributed by atoms with Crippen LogP contribution in [0.1, 0.15) is 33.8 Å². The zero-order chi connectivity index (χ0) is 18.6. The minimum absolute atomic E-state index is 0. The van der Waals surface area contributed by atoms with Crippen molar-refractivity contribution in [1.82, 2.24) is 0 Å². The molecule has 1 unspecified atom stereocenters. The fourth-order valence-corrected chi connectivity index (χ4v) is 3.71. The minimum Gasteiger partial charge on any atom is -0.381 e. The van der Waals surface area contributed by atoms with Crippen molar-refractivity contribution in [1.29, 1.82) is 0 Å². The second-order valence-corrected chi connectivity index (χ2v) is 6.63. The van der Waals surface area contributed by atoms with Gasteiger partial charge in [0.1, 0.15) is 0 Å². The number of ether oxygens (including phenoxy) is 1. The Morgan fingerprint density at radius 2 is 1.89 bits per heavy atom. The molecule has 4 rings (SSSR count). The molecule has 3 aromatic carbocycles. The number of fused-ring (bicyclic) bond motifs is 1. The second-order valence-electron chi connectivity index (χ2n) is 6.63. The van der Waals surface area contributed by atoms with Crippen molar-refractivity contribution in [3.63, 3.8) is 0 Å². The molecule has 0 spiro atoms. The fourth-order valence-electron chi connectivity index (χ4n) is 3.71. The molecule has 6 heteroatoms. The number of nitrogens with one attached hydrogen (secondary N) is 1. The number of carbonyl (C=O) groups is 1. The molecule has 0 aromatic heterocycles. The number of rotatable bonds is 4. The monoisotopic (exact) mass is 395 g/mol. The first-order valence-corrected chi connectivity index (χ1v) is 9.01. The number of amides is 1. The van der Waals surface area contributed by atoms with Gasteiger partial charge in [-0.05, 0) is 41.0 Å². The number of nitrogens with two attached hydrogens (primary N) is 1. The first kappa shape index (κ1) is 19.9. The molecule has 1 aliphatic heterocycles. The predicted molar refractivity (Wildman–Crippen MR) is 116 cm³/mol. The summed E-state index contributed by atoms with van der Waals surface area (Å²) in [4.78, 5) is 13.1. The Labute approximate surface area is 170 Å². The van der Waals surface area contributed by atoms with E-state index in [1.54, 1.807) is 6.21 Å². The number of anilines is 1. The van der Waals surface area contributed by atoms with Crippen LogP contribution in [0, 0.1) is 0 Å². The highest BCUT2D eigenvalue weighted by molar-refractivity contribution is 6.13. The predicted octanol–water partition coefficient (Wildman–Crippen LogP) is 4.31. The van der Waals surface area contributed by atoms with Gasteiger partial charge in [-0.1, -0.05) is 42.5 Å². The number of hydrogen-bond donors (Lipinski definition) is 2. The van der Waals surface area contributed by atoms with Gasteiger partial charge in [0.25, 0.3) is 5.91 Å². The number of para-hydroxylation sites is 1. The largest absolute Gasteiger partial charge is 0.381 e. The van der Waals surface area contributed by atoms with E-state index in [0.29, 0.717) is 12.2 Å². The topological polar surface area (TPSA) is 76.7 Å². The van der Waals surface area contributed by atoms with Crippen LogP contribution in [0.2, 0.25) is 0 Å². The van der Waals surface area contributed by atoms with Crippen molar-refractivity contribution in [2.24, 2.45) is 10.9 Å². The maximum absolute atomic E-state index is 13.1. The normalized spacial score (nSPS) is 16.2. The second kappa shape index (κ2) is 8.87. The SMILES string of the molecule is Cl.N/N=C/c1c(C(=O)Nc2ccccc2)cc2ccccc2c1C1CCOC1. The summed E-state index contributed by atoms with van der Waals surface area (Å²) in [6, 6.07) is 19.4. The van der Waals surface area contributed by atoms with Crippen LogP contribution in [0.5, 0.6) is 0 Å². The van der Waals surface area contributed by atoms with E-state index < -0.39 is 0 Å². The van der Waals surface area contributed by atoms with Crippen molar-refractivity contribution >= 4 is 41.0 Å². The third-order valence-electron chi connectivity index (χ3n) is 4.95. The summed E-state index contributed by atoms with van der Waals surface area (Å²) < 4.78 is 5.61. The average Bonchev–Trinajstić information content (AvgIpc) is 3.22. The summed E-state index contributed by atoms with van der Waals surface area (Å²) in [5.74, 6) is 5.54. The van der Waals surface area contributed by atoms with E-state index in [-0.39, 0.29) is 24.2 Å². The molecule has 3 N–H and O–H groups in total. The molecule has 0 aliphatic carbocycles. The number of hydrogen-bond acceptors (Lipinski definition) is 4. The smallest absolute Gasteiger partial charge is 0.256 e. The third-order valence-corrected chi connectivity index (χ3v) is 4.95. The van der Waals surface area contributed by atoms with E-state index in [1.807, 2.05) is 54.6 Å². The molecular weight excluding hydrogens is 374 g/mol. The van der Waals surface area contributed by atoms with Crippen LogP contribution in [0.4, 0.5) is 5.69 Å². The molecule has 1 aliphatic rings. The number of hydrazone groups is 1. The number of nitrogens with zero attached hydrogens (tertiary/aromatic N) is 1. The molecule has 0 bridgehead atoms. The van der Waals surface area contributed by atoms with Gasteiger partial charge in [-0.15, -0.1) is 12.4 Å². The highest BCUT2D eigenvalue weighted by Crippen LogP contribution is 2.35. The van der Waals surface area contributed by atoms with E-state index in [1.165, 1.54) is 0 Å². The molecule has 0 saturated carbocycles. The Kier molecular flexibility index (Phi) is 6.29. The summed E-state index contributed by atoms with van der Waals surface area (Å²) in [5.41, 5.74) is 3.16. The van der Waals surface area contributed by atoms with Crippen molar-refractivity contribution in [3.05, 3.63) is 77.4 Å². The van der Waals surface area contributed by atoms with Crippen LogP contribution in [-0.2, 0) is 4.74 Å². The van der Waals surface area contributed by atoms with E-state index in [9.17, 15) is 4.79 Å². The summed E-state index contributed by atoms with van der Waals surface area (Å²) in [5, 5.41) is 8.85. The van der Waals surface area contributed by atoms with Crippen molar-refractivity contribution in [2.45, 2.75) is 12.3 Å². The highest BCUT2D eigenvalue weighted by Gasteiger charge is 2.26. The van der Waals surface area contributed by atoms with Gasteiger partial charge in [0.2, 0.25) is 0 Å². The molecule has 3 aromatic rings. The van der Waals surface area contributed by atoms with Crippen LogP contribution in [0.25, 0.3) is 10.8 Å². The molecule has 1 atom stereocenters. The van der Waals surface area contributed by atoms with Crippen molar-refractivity contribution in [3.8, 4) is 0 Å². The van der Waals surface area contributed by atoms with E-state index in [2.05, 4.69) is 16.5 Å². The molecular formula is C22H22ClN3O2. The van der Waals surface area contributed by atoms with Gasteiger partial charge >= 0.3 is 0 Å².